The van der Waals surface area contributed by atoms with Crippen LogP contribution in [0.2, 0.25) is 0 Å². The van der Waals surface area contributed by atoms with Crippen molar-refractivity contribution < 1.29 is 4.74 Å². The first-order valence-corrected chi connectivity index (χ1v) is 7.79. The van der Waals surface area contributed by atoms with E-state index in [0.29, 0.717) is 18.1 Å². The number of nitrogens with one attached hydrogen (secondary N) is 1. The van der Waals surface area contributed by atoms with E-state index in [-0.39, 0.29) is 0 Å². The molecule has 1 fully saturated rings. The van der Waals surface area contributed by atoms with Gasteiger partial charge in [-0.15, -0.1) is 0 Å². The van der Waals surface area contributed by atoms with Crippen molar-refractivity contribution in [3.8, 4) is 0 Å². The number of rotatable bonds is 5. The van der Waals surface area contributed by atoms with Gasteiger partial charge < -0.3 is 10.1 Å². The topological polar surface area (TPSA) is 34.2 Å². The van der Waals surface area contributed by atoms with Gasteiger partial charge in [-0.1, -0.05) is 26.8 Å². The zero-order valence-electron chi connectivity index (χ0n) is 13.3. The SMILES string of the molecule is CCNc1ncccc1COC1CC(C)CC(C)(C)C1. The molecule has 20 heavy (non-hydrogen) atoms. The summed E-state index contributed by atoms with van der Waals surface area (Å²) >= 11 is 0. The lowest BCUT2D eigenvalue weighted by molar-refractivity contribution is -0.0315. The number of pyridine rings is 1. The van der Waals surface area contributed by atoms with Crippen molar-refractivity contribution in [3.05, 3.63) is 23.9 Å². The van der Waals surface area contributed by atoms with Crippen molar-refractivity contribution in [3.63, 3.8) is 0 Å². The average molecular weight is 276 g/mol. The molecule has 1 aromatic heterocycles. The molecule has 2 atom stereocenters. The Kier molecular flexibility index (Phi) is 5.03. The molecular formula is C17H28N2O. The standard InChI is InChI=1S/C17H28N2O/c1-5-18-16-14(7-6-8-19-16)12-20-15-9-13(2)10-17(3,4)11-15/h6-8,13,15H,5,9-12H2,1-4H3,(H,18,19). The Hall–Kier alpha value is -1.09. The number of ether oxygens (including phenoxy) is 1. The summed E-state index contributed by atoms with van der Waals surface area (Å²) in [5, 5.41) is 3.30. The van der Waals surface area contributed by atoms with Crippen LogP contribution in [-0.4, -0.2) is 17.6 Å². The van der Waals surface area contributed by atoms with Gasteiger partial charge in [-0.05, 0) is 43.6 Å². The molecule has 1 aliphatic carbocycles. The van der Waals surface area contributed by atoms with E-state index in [0.717, 1.165) is 30.3 Å². The van der Waals surface area contributed by atoms with E-state index in [1.165, 1.54) is 12.8 Å². The Bertz CT molecular complexity index is 431. The van der Waals surface area contributed by atoms with E-state index in [4.69, 9.17) is 4.74 Å². The van der Waals surface area contributed by atoms with Crippen LogP contribution in [0.5, 0.6) is 0 Å². The van der Waals surface area contributed by atoms with Gasteiger partial charge >= 0.3 is 0 Å². The van der Waals surface area contributed by atoms with Crippen LogP contribution in [-0.2, 0) is 11.3 Å². The minimum Gasteiger partial charge on any atom is -0.373 e. The molecule has 0 aromatic carbocycles. The number of aromatic nitrogens is 1. The molecule has 3 heteroatoms. The van der Waals surface area contributed by atoms with Crippen molar-refractivity contribution in [1.29, 1.82) is 0 Å². The van der Waals surface area contributed by atoms with Crippen LogP contribution < -0.4 is 5.32 Å². The molecule has 1 saturated carbocycles. The summed E-state index contributed by atoms with van der Waals surface area (Å²) in [6, 6.07) is 4.08. The molecule has 0 amide bonds. The molecule has 0 aliphatic heterocycles. The molecule has 3 nitrogen and oxygen atoms in total. The molecule has 2 rings (SSSR count). The second kappa shape index (κ2) is 6.57. The molecule has 0 bridgehead atoms. The molecule has 2 unspecified atom stereocenters. The third-order valence-electron chi connectivity index (χ3n) is 4.06. The van der Waals surface area contributed by atoms with Gasteiger partial charge in [0.25, 0.3) is 0 Å². The van der Waals surface area contributed by atoms with Gasteiger partial charge in [0.15, 0.2) is 0 Å². The summed E-state index contributed by atoms with van der Waals surface area (Å²) in [5.74, 6) is 1.71. The maximum absolute atomic E-state index is 6.18. The second-order valence-corrected chi connectivity index (χ2v) is 6.89. The summed E-state index contributed by atoms with van der Waals surface area (Å²) in [7, 11) is 0. The predicted octanol–water partition coefficient (Wildman–Crippen LogP) is 4.24. The highest BCUT2D eigenvalue weighted by atomic mass is 16.5. The van der Waals surface area contributed by atoms with Gasteiger partial charge in [-0.3, -0.25) is 0 Å². The molecule has 0 saturated heterocycles. The summed E-state index contributed by atoms with van der Waals surface area (Å²) in [4.78, 5) is 4.38. The summed E-state index contributed by atoms with van der Waals surface area (Å²) in [6.07, 6.45) is 5.85. The predicted molar refractivity (Wildman–Crippen MR) is 83.8 cm³/mol. The second-order valence-electron chi connectivity index (χ2n) is 6.89. The minimum absolute atomic E-state index is 0.378. The normalized spacial score (nSPS) is 25.4. The number of anilines is 1. The van der Waals surface area contributed by atoms with E-state index >= 15 is 0 Å². The number of hydrogen-bond acceptors (Lipinski definition) is 3. The molecule has 112 valence electrons. The summed E-state index contributed by atoms with van der Waals surface area (Å²) in [5.41, 5.74) is 1.56. The van der Waals surface area contributed by atoms with Crippen molar-refractivity contribution in [2.24, 2.45) is 11.3 Å². The van der Waals surface area contributed by atoms with E-state index in [9.17, 15) is 0 Å². The van der Waals surface area contributed by atoms with Crippen LogP contribution in [0.15, 0.2) is 18.3 Å². The summed E-state index contributed by atoms with van der Waals surface area (Å²) < 4.78 is 6.18. The quantitative estimate of drug-likeness (QED) is 0.873. The average Bonchev–Trinajstić information content (AvgIpc) is 2.36. The molecular weight excluding hydrogens is 248 g/mol. The van der Waals surface area contributed by atoms with Crippen LogP contribution in [0.3, 0.4) is 0 Å². The van der Waals surface area contributed by atoms with Gasteiger partial charge in [0.2, 0.25) is 0 Å². The smallest absolute Gasteiger partial charge is 0.131 e. The van der Waals surface area contributed by atoms with Gasteiger partial charge in [0.1, 0.15) is 5.82 Å². The number of hydrogen-bond donors (Lipinski definition) is 1. The fourth-order valence-corrected chi connectivity index (χ4v) is 3.47. The van der Waals surface area contributed by atoms with E-state index in [1.807, 2.05) is 12.3 Å². The molecule has 1 N–H and O–H groups in total. The van der Waals surface area contributed by atoms with Crippen molar-refractivity contribution in [2.45, 2.75) is 59.7 Å². The van der Waals surface area contributed by atoms with Crippen molar-refractivity contribution >= 4 is 5.82 Å². The summed E-state index contributed by atoms with van der Waals surface area (Å²) in [6.45, 7) is 10.7. The molecule has 1 aromatic rings. The molecule has 0 spiro atoms. The van der Waals surface area contributed by atoms with E-state index in [2.05, 4.69) is 44.1 Å². The van der Waals surface area contributed by atoms with Crippen molar-refractivity contribution in [1.82, 2.24) is 4.98 Å². The van der Waals surface area contributed by atoms with Crippen molar-refractivity contribution in [2.75, 3.05) is 11.9 Å². The molecule has 1 aliphatic rings. The molecule has 1 heterocycles. The Morgan fingerprint density at radius 3 is 2.90 bits per heavy atom. The lowest BCUT2D eigenvalue weighted by Crippen LogP contribution is -2.32. The first kappa shape index (κ1) is 15.3. The van der Waals surface area contributed by atoms with Gasteiger partial charge in [0.05, 0.1) is 12.7 Å². The highest BCUT2D eigenvalue weighted by Crippen LogP contribution is 2.39. The van der Waals surface area contributed by atoms with Crippen LogP contribution in [0.1, 0.15) is 52.5 Å². The first-order chi connectivity index (χ1) is 9.50. The van der Waals surface area contributed by atoms with Gasteiger partial charge in [-0.2, -0.15) is 0 Å². The van der Waals surface area contributed by atoms with Crippen LogP contribution in [0.4, 0.5) is 5.82 Å². The molecule has 0 radical (unpaired) electrons. The Balaban J connectivity index is 1.95. The Morgan fingerprint density at radius 2 is 2.20 bits per heavy atom. The lowest BCUT2D eigenvalue weighted by Gasteiger charge is -2.38. The van der Waals surface area contributed by atoms with Crippen LogP contribution in [0, 0.1) is 11.3 Å². The first-order valence-electron chi connectivity index (χ1n) is 7.79. The third kappa shape index (κ3) is 4.20. The van der Waals surface area contributed by atoms with Crippen LogP contribution in [0.25, 0.3) is 0 Å². The highest BCUT2D eigenvalue weighted by molar-refractivity contribution is 5.43. The van der Waals surface area contributed by atoms with Gasteiger partial charge in [-0.25, -0.2) is 4.98 Å². The Morgan fingerprint density at radius 1 is 1.40 bits per heavy atom. The fourth-order valence-electron chi connectivity index (χ4n) is 3.47. The largest absolute Gasteiger partial charge is 0.373 e. The maximum Gasteiger partial charge on any atom is 0.131 e. The van der Waals surface area contributed by atoms with E-state index < -0.39 is 0 Å². The zero-order chi connectivity index (χ0) is 14.6. The maximum atomic E-state index is 6.18. The highest BCUT2D eigenvalue weighted by Gasteiger charge is 2.32. The number of nitrogens with zero attached hydrogens (tertiary/aromatic N) is 1. The zero-order valence-corrected chi connectivity index (χ0v) is 13.3. The monoisotopic (exact) mass is 276 g/mol. The minimum atomic E-state index is 0.378. The fraction of sp³-hybridized carbons (Fsp3) is 0.706. The lowest BCUT2D eigenvalue weighted by atomic mass is 9.71. The van der Waals surface area contributed by atoms with E-state index in [1.54, 1.807) is 0 Å². The van der Waals surface area contributed by atoms with Crippen LogP contribution >= 0.6 is 0 Å². The Labute approximate surface area is 123 Å². The van der Waals surface area contributed by atoms with Gasteiger partial charge in [0, 0.05) is 18.3 Å². The third-order valence-corrected chi connectivity index (χ3v) is 4.06.